The summed E-state index contributed by atoms with van der Waals surface area (Å²) in [6, 6.07) is 5.54. The van der Waals surface area contributed by atoms with Gasteiger partial charge >= 0.3 is 0 Å². The minimum absolute atomic E-state index is 0.627. The summed E-state index contributed by atoms with van der Waals surface area (Å²) in [6.45, 7) is 3.26. The van der Waals surface area contributed by atoms with E-state index >= 15 is 0 Å². The first-order valence-electron chi connectivity index (χ1n) is 5.65. The fourth-order valence-electron chi connectivity index (χ4n) is 1.90. The number of thiazole rings is 1. The third-order valence-corrected chi connectivity index (χ3v) is 3.88. The van der Waals surface area contributed by atoms with E-state index in [9.17, 15) is 0 Å². The molecular weight excluding hydrogens is 250 g/mol. The fraction of sp³-hybridized carbons (Fsp3) is 0.364. The molecule has 1 aromatic carbocycles. The summed E-state index contributed by atoms with van der Waals surface area (Å²) < 4.78 is 6.37. The Morgan fingerprint density at radius 1 is 1.39 bits per heavy atom. The Morgan fingerprint density at radius 2 is 2.22 bits per heavy atom. The van der Waals surface area contributed by atoms with E-state index in [0.717, 1.165) is 41.7 Å². The first-order chi connectivity index (χ1) is 8.86. The molecule has 0 atom stereocenters. The average molecular weight is 261 g/mol. The molecule has 0 N–H and O–H groups in total. The number of morpholine rings is 1. The van der Waals surface area contributed by atoms with Crippen LogP contribution in [0, 0.1) is 0 Å². The van der Waals surface area contributed by atoms with Crippen LogP contribution in [0.15, 0.2) is 23.3 Å². The second-order valence-electron chi connectivity index (χ2n) is 3.94. The van der Waals surface area contributed by atoms with Crippen LogP contribution in [0.5, 0.6) is 0 Å². The van der Waals surface area contributed by atoms with E-state index < -0.39 is 0 Å². The molecule has 0 saturated carbocycles. The number of azide groups is 1. The monoisotopic (exact) mass is 261 g/mol. The van der Waals surface area contributed by atoms with Gasteiger partial charge in [-0.25, -0.2) is 4.98 Å². The van der Waals surface area contributed by atoms with Crippen LogP contribution >= 0.6 is 11.3 Å². The zero-order chi connectivity index (χ0) is 12.4. The number of nitrogens with zero attached hydrogens (tertiary/aromatic N) is 5. The third kappa shape index (κ3) is 2.11. The van der Waals surface area contributed by atoms with E-state index in [0.29, 0.717) is 5.69 Å². The van der Waals surface area contributed by atoms with E-state index in [2.05, 4.69) is 19.9 Å². The Hall–Kier alpha value is -1.82. The summed E-state index contributed by atoms with van der Waals surface area (Å²) in [4.78, 5) is 9.61. The highest BCUT2D eigenvalue weighted by molar-refractivity contribution is 7.22. The topological polar surface area (TPSA) is 74.1 Å². The lowest BCUT2D eigenvalue weighted by Crippen LogP contribution is -2.36. The molecule has 18 heavy (non-hydrogen) atoms. The van der Waals surface area contributed by atoms with Crippen LogP contribution < -0.4 is 4.90 Å². The van der Waals surface area contributed by atoms with Crippen LogP contribution in [0.1, 0.15) is 0 Å². The van der Waals surface area contributed by atoms with Crippen molar-refractivity contribution >= 4 is 32.4 Å². The Morgan fingerprint density at radius 3 is 3.00 bits per heavy atom. The molecule has 0 radical (unpaired) electrons. The molecule has 92 valence electrons. The van der Waals surface area contributed by atoms with E-state index in [1.807, 2.05) is 12.1 Å². The van der Waals surface area contributed by atoms with E-state index in [1.54, 1.807) is 17.4 Å². The molecule has 0 unspecified atom stereocenters. The van der Waals surface area contributed by atoms with Crippen LogP contribution in [0.2, 0.25) is 0 Å². The van der Waals surface area contributed by atoms with Gasteiger partial charge in [-0.15, -0.1) is 0 Å². The van der Waals surface area contributed by atoms with Crippen LogP contribution in [0.25, 0.3) is 20.7 Å². The second-order valence-corrected chi connectivity index (χ2v) is 4.95. The highest BCUT2D eigenvalue weighted by Gasteiger charge is 2.15. The highest BCUT2D eigenvalue weighted by Crippen LogP contribution is 2.31. The maximum absolute atomic E-state index is 8.42. The molecule has 0 bridgehead atoms. The lowest BCUT2D eigenvalue weighted by atomic mass is 10.3. The van der Waals surface area contributed by atoms with Crippen molar-refractivity contribution in [1.82, 2.24) is 4.98 Å². The van der Waals surface area contributed by atoms with Crippen molar-refractivity contribution < 1.29 is 4.74 Å². The van der Waals surface area contributed by atoms with Crippen molar-refractivity contribution in [1.29, 1.82) is 0 Å². The molecule has 7 heteroatoms. The Labute approximate surface area is 107 Å². The summed E-state index contributed by atoms with van der Waals surface area (Å²) in [5.41, 5.74) is 9.99. The number of rotatable bonds is 2. The molecule has 1 saturated heterocycles. The number of hydrogen-bond donors (Lipinski definition) is 0. The van der Waals surface area contributed by atoms with Crippen molar-refractivity contribution in [2.45, 2.75) is 0 Å². The van der Waals surface area contributed by atoms with Gasteiger partial charge in [0, 0.05) is 23.7 Å². The quantitative estimate of drug-likeness (QED) is 0.473. The zero-order valence-corrected chi connectivity index (χ0v) is 10.4. The van der Waals surface area contributed by atoms with Gasteiger partial charge < -0.3 is 9.64 Å². The summed E-state index contributed by atoms with van der Waals surface area (Å²) in [5, 5.41) is 4.61. The molecule has 0 spiro atoms. The molecule has 0 aliphatic carbocycles. The van der Waals surface area contributed by atoms with Crippen LogP contribution in [0.4, 0.5) is 10.8 Å². The summed E-state index contributed by atoms with van der Waals surface area (Å²) in [7, 11) is 0. The highest BCUT2D eigenvalue weighted by atomic mass is 32.1. The summed E-state index contributed by atoms with van der Waals surface area (Å²) in [5.74, 6) is 0. The van der Waals surface area contributed by atoms with Crippen molar-refractivity contribution in [3.8, 4) is 0 Å². The summed E-state index contributed by atoms with van der Waals surface area (Å²) >= 11 is 1.62. The van der Waals surface area contributed by atoms with Crippen molar-refractivity contribution in [3.63, 3.8) is 0 Å². The first-order valence-corrected chi connectivity index (χ1v) is 6.47. The van der Waals surface area contributed by atoms with Gasteiger partial charge in [-0.05, 0) is 17.7 Å². The Bertz CT molecular complexity index is 613. The molecular formula is C11H11N5OS. The Kier molecular flexibility index (Phi) is 3.02. The van der Waals surface area contributed by atoms with E-state index in [4.69, 9.17) is 10.3 Å². The fourth-order valence-corrected chi connectivity index (χ4v) is 2.96. The Balaban J connectivity index is 1.96. The zero-order valence-electron chi connectivity index (χ0n) is 9.61. The number of hydrogen-bond acceptors (Lipinski definition) is 5. The van der Waals surface area contributed by atoms with Gasteiger partial charge in [-0.2, -0.15) is 0 Å². The molecule has 2 aromatic rings. The predicted molar refractivity (Wildman–Crippen MR) is 71.5 cm³/mol. The van der Waals surface area contributed by atoms with Gasteiger partial charge in [-0.3, -0.25) is 0 Å². The molecule has 3 rings (SSSR count). The smallest absolute Gasteiger partial charge is 0.186 e. The van der Waals surface area contributed by atoms with Gasteiger partial charge in [0.25, 0.3) is 0 Å². The molecule has 0 amide bonds. The van der Waals surface area contributed by atoms with Crippen LogP contribution in [-0.2, 0) is 4.74 Å². The maximum Gasteiger partial charge on any atom is 0.186 e. The van der Waals surface area contributed by atoms with Gasteiger partial charge in [0.05, 0.1) is 23.4 Å². The minimum Gasteiger partial charge on any atom is -0.378 e. The van der Waals surface area contributed by atoms with E-state index in [1.165, 1.54) is 0 Å². The lowest BCUT2D eigenvalue weighted by Gasteiger charge is -2.25. The largest absolute Gasteiger partial charge is 0.378 e. The van der Waals surface area contributed by atoms with Gasteiger partial charge in [-0.1, -0.05) is 22.5 Å². The van der Waals surface area contributed by atoms with Crippen molar-refractivity contribution in [2.75, 3.05) is 31.2 Å². The summed E-state index contributed by atoms with van der Waals surface area (Å²) in [6.07, 6.45) is 0. The SMILES string of the molecule is [N-]=[N+]=Nc1ccc2nc(N3CCOCC3)sc2c1. The molecule has 6 nitrogen and oxygen atoms in total. The normalized spacial score (nSPS) is 15.7. The molecule has 2 heterocycles. The number of fused-ring (bicyclic) bond motifs is 1. The predicted octanol–water partition coefficient (Wildman–Crippen LogP) is 3.07. The lowest BCUT2D eigenvalue weighted by molar-refractivity contribution is 0.122. The first kappa shape index (κ1) is 11.3. The van der Waals surface area contributed by atoms with Gasteiger partial charge in [0.1, 0.15) is 0 Å². The van der Waals surface area contributed by atoms with Crippen LogP contribution in [-0.4, -0.2) is 31.3 Å². The van der Waals surface area contributed by atoms with Crippen molar-refractivity contribution in [3.05, 3.63) is 28.6 Å². The van der Waals surface area contributed by atoms with Gasteiger partial charge in [0.15, 0.2) is 5.13 Å². The number of aromatic nitrogens is 1. The number of benzene rings is 1. The standard InChI is InChI=1S/C11H11N5OS/c12-15-14-8-1-2-9-10(7-8)18-11(13-9)16-3-5-17-6-4-16/h1-2,7H,3-6H2. The molecule has 1 fully saturated rings. The average Bonchev–Trinajstić information content (AvgIpc) is 2.83. The van der Waals surface area contributed by atoms with E-state index in [-0.39, 0.29) is 0 Å². The number of anilines is 1. The third-order valence-electron chi connectivity index (χ3n) is 2.80. The maximum atomic E-state index is 8.42. The second kappa shape index (κ2) is 4.81. The molecule has 1 aromatic heterocycles. The van der Waals surface area contributed by atoms with Crippen molar-refractivity contribution in [2.24, 2.45) is 5.11 Å². The molecule has 1 aliphatic heterocycles. The minimum atomic E-state index is 0.627. The van der Waals surface area contributed by atoms with Gasteiger partial charge in [0.2, 0.25) is 0 Å². The number of ether oxygens (including phenoxy) is 1. The van der Waals surface area contributed by atoms with Crippen LogP contribution in [0.3, 0.4) is 0 Å². The molecule has 1 aliphatic rings.